The van der Waals surface area contributed by atoms with E-state index in [0.717, 1.165) is 16.9 Å². The number of carboxylic acid groups (broad SMARTS) is 1. The second kappa shape index (κ2) is 7.90. The van der Waals surface area contributed by atoms with Crippen molar-refractivity contribution in [2.75, 3.05) is 13.2 Å². The summed E-state index contributed by atoms with van der Waals surface area (Å²) in [4.78, 5) is 11.1. The molecule has 1 rings (SSSR count). The maximum absolute atomic E-state index is 11.1. The van der Waals surface area contributed by atoms with Gasteiger partial charge in [0.2, 0.25) is 0 Å². The fourth-order valence-electron chi connectivity index (χ4n) is 2.16. The van der Waals surface area contributed by atoms with E-state index in [1.165, 1.54) is 0 Å². The van der Waals surface area contributed by atoms with E-state index >= 15 is 0 Å². The zero-order valence-corrected chi connectivity index (χ0v) is 12.8. The number of hydrogen-bond acceptors (Lipinski definition) is 3. The van der Waals surface area contributed by atoms with E-state index in [-0.39, 0.29) is 0 Å². The quantitative estimate of drug-likeness (QED) is 0.718. The van der Waals surface area contributed by atoms with Crippen molar-refractivity contribution in [2.45, 2.75) is 40.2 Å². The Hall–Kier alpha value is -1.55. The van der Waals surface area contributed by atoms with Crippen LogP contribution in [-0.2, 0) is 4.79 Å². The van der Waals surface area contributed by atoms with E-state index in [0.29, 0.717) is 25.5 Å². The first-order valence-electron chi connectivity index (χ1n) is 7.05. The van der Waals surface area contributed by atoms with E-state index in [9.17, 15) is 4.79 Å². The van der Waals surface area contributed by atoms with Crippen LogP contribution in [-0.4, -0.2) is 30.3 Å². The minimum absolute atomic E-state index is 0.351. The molecule has 0 aliphatic carbocycles. The zero-order valence-electron chi connectivity index (χ0n) is 12.8. The van der Waals surface area contributed by atoms with Crippen LogP contribution in [0.15, 0.2) is 18.2 Å². The molecule has 0 fully saturated rings. The predicted molar refractivity (Wildman–Crippen MR) is 80.3 cm³/mol. The number of hydrogen-bond donors (Lipinski definition) is 2. The highest BCUT2D eigenvalue weighted by atomic mass is 16.5. The highest BCUT2D eigenvalue weighted by Gasteiger charge is 2.17. The van der Waals surface area contributed by atoms with Crippen LogP contribution in [0.1, 0.15) is 31.4 Å². The average molecular weight is 279 g/mol. The van der Waals surface area contributed by atoms with Crippen molar-refractivity contribution < 1.29 is 14.6 Å². The monoisotopic (exact) mass is 279 g/mol. The van der Waals surface area contributed by atoms with Gasteiger partial charge in [-0.05, 0) is 49.4 Å². The summed E-state index contributed by atoms with van der Waals surface area (Å²) >= 11 is 0. The van der Waals surface area contributed by atoms with E-state index in [4.69, 9.17) is 9.84 Å². The van der Waals surface area contributed by atoms with Gasteiger partial charge in [-0.15, -0.1) is 0 Å². The van der Waals surface area contributed by atoms with Gasteiger partial charge in [0, 0.05) is 6.54 Å². The van der Waals surface area contributed by atoms with Crippen LogP contribution in [0, 0.1) is 19.8 Å². The molecule has 4 nitrogen and oxygen atoms in total. The second-order valence-electron chi connectivity index (χ2n) is 5.65. The maximum atomic E-state index is 11.1. The lowest BCUT2D eigenvalue weighted by atomic mass is 10.0. The molecule has 0 spiro atoms. The first-order valence-corrected chi connectivity index (χ1v) is 7.05. The third-order valence-electron chi connectivity index (χ3n) is 2.96. The minimum Gasteiger partial charge on any atom is -0.492 e. The Labute approximate surface area is 121 Å². The van der Waals surface area contributed by atoms with Crippen molar-refractivity contribution in [3.05, 3.63) is 29.3 Å². The second-order valence-corrected chi connectivity index (χ2v) is 5.65. The van der Waals surface area contributed by atoms with Crippen LogP contribution in [0.5, 0.6) is 5.75 Å². The molecule has 0 aromatic heterocycles. The summed E-state index contributed by atoms with van der Waals surface area (Å²) in [5.74, 6) is 0.383. The van der Waals surface area contributed by atoms with Gasteiger partial charge in [-0.3, -0.25) is 4.79 Å². The van der Waals surface area contributed by atoms with Crippen LogP contribution in [0.25, 0.3) is 0 Å². The number of rotatable bonds is 8. The summed E-state index contributed by atoms with van der Waals surface area (Å²) in [6.07, 6.45) is 0.624. The molecule has 0 radical (unpaired) electrons. The Kier molecular flexibility index (Phi) is 6.52. The van der Waals surface area contributed by atoms with E-state index in [2.05, 4.69) is 11.4 Å². The normalized spacial score (nSPS) is 12.4. The van der Waals surface area contributed by atoms with Gasteiger partial charge in [-0.25, -0.2) is 0 Å². The summed E-state index contributed by atoms with van der Waals surface area (Å²) in [6.45, 7) is 9.08. The highest BCUT2D eigenvalue weighted by Crippen LogP contribution is 2.15. The van der Waals surface area contributed by atoms with Gasteiger partial charge in [-0.1, -0.05) is 19.9 Å². The molecule has 4 heteroatoms. The van der Waals surface area contributed by atoms with Gasteiger partial charge in [0.25, 0.3) is 0 Å². The molecule has 0 amide bonds. The fraction of sp³-hybridized carbons (Fsp3) is 0.562. The third kappa shape index (κ3) is 6.06. The largest absolute Gasteiger partial charge is 0.492 e. The van der Waals surface area contributed by atoms with Gasteiger partial charge in [0.1, 0.15) is 18.4 Å². The predicted octanol–water partition coefficient (Wildman–Crippen LogP) is 2.77. The summed E-state index contributed by atoms with van der Waals surface area (Å²) in [7, 11) is 0. The molecule has 0 saturated heterocycles. The van der Waals surface area contributed by atoms with Crippen LogP contribution >= 0.6 is 0 Å². The van der Waals surface area contributed by atoms with Crippen LogP contribution in [0.3, 0.4) is 0 Å². The first-order chi connectivity index (χ1) is 9.38. The maximum Gasteiger partial charge on any atom is 0.320 e. The molecule has 0 heterocycles. The Bertz CT molecular complexity index is 423. The summed E-state index contributed by atoms with van der Waals surface area (Å²) in [6, 6.07) is 5.55. The van der Waals surface area contributed by atoms with Crippen molar-refractivity contribution in [1.82, 2.24) is 5.32 Å². The standard InChI is InChI=1S/C16H25NO3/c1-11(2)7-15(16(18)19)17-5-6-20-14-9-12(3)8-13(4)10-14/h8-11,15,17H,5-7H2,1-4H3,(H,18,19). The molecular formula is C16H25NO3. The lowest BCUT2D eigenvalue weighted by Crippen LogP contribution is -2.39. The van der Waals surface area contributed by atoms with Gasteiger partial charge >= 0.3 is 5.97 Å². The van der Waals surface area contributed by atoms with Crippen molar-refractivity contribution in [2.24, 2.45) is 5.92 Å². The minimum atomic E-state index is -0.801. The third-order valence-corrected chi connectivity index (χ3v) is 2.96. The number of ether oxygens (including phenoxy) is 1. The van der Waals surface area contributed by atoms with E-state index in [1.807, 2.05) is 39.8 Å². The summed E-state index contributed by atoms with van der Waals surface area (Å²) in [5.41, 5.74) is 2.33. The Balaban J connectivity index is 2.38. The Morgan fingerprint density at radius 3 is 2.35 bits per heavy atom. The molecule has 0 aliphatic heterocycles. The first kappa shape index (κ1) is 16.5. The molecule has 112 valence electrons. The number of aryl methyl sites for hydroxylation is 2. The lowest BCUT2D eigenvalue weighted by Gasteiger charge is -2.16. The van der Waals surface area contributed by atoms with Gasteiger partial charge in [0.05, 0.1) is 0 Å². The average Bonchev–Trinajstić information content (AvgIpc) is 2.31. The number of nitrogens with one attached hydrogen (secondary N) is 1. The molecule has 1 aromatic rings. The Morgan fingerprint density at radius 1 is 1.25 bits per heavy atom. The van der Waals surface area contributed by atoms with E-state index < -0.39 is 12.0 Å². The van der Waals surface area contributed by atoms with Gasteiger partial charge in [0.15, 0.2) is 0 Å². The Morgan fingerprint density at radius 2 is 1.85 bits per heavy atom. The molecule has 1 aromatic carbocycles. The molecule has 0 saturated carbocycles. The van der Waals surface area contributed by atoms with E-state index in [1.54, 1.807) is 0 Å². The van der Waals surface area contributed by atoms with Crippen molar-refractivity contribution in [3.8, 4) is 5.75 Å². The molecule has 20 heavy (non-hydrogen) atoms. The van der Waals surface area contributed by atoms with Crippen molar-refractivity contribution in [1.29, 1.82) is 0 Å². The van der Waals surface area contributed by atoms with Crippen LogP contribution in [0.4, 0.5) is 0 Å². The smallest absolute Gasteiger partial charge is 0.320 e. The summed E-state index contributed by atoms with van der Waals surface area (Å²) < 4.78 is 5.65. The molecular weight excluding hydrogens is 254 g/mol. The van der Waals surface area contributed by atoms with Crippen molar-refractivity contribution >= 4 is 5.97 Å². The fourth-order valence-corrected chi connectivity index (χ4v) is 2.16. The van der Waals surface area contributed by atoms with Gasteiger partial charge in [-0.2, -0.15) is 0 Å². The van der Waals surface area contributed by atoms with Crippen molar-refractivity contribution in [3.63, 3.8) is 0 Å². The molecule has 1 atom stereocenters. The SMILES string of the molecule is Cc1cc(C)cc(OCCNC(CC(C)C)C(=O)O)c1. The molecule has 0 aliphatic rings. The highest BCUT2D eigenvalue weighted by molar-refractivity contribution is 5.73. The van der Waals surface area contributed by atoms with Crippen LogP contribution in [0.2, 0.25) is 0 Å². The number of benzene rings is 1. The molecule has 0 bridgehead atoms. The lowest BCUT2D eigenvalue weighted by molar-refractivity contribution is -0.139. The number of carboxylic acids is 1. The van der Waals surface area contributed by atoms with Gasteiger partial charge < -0.3 is 15.2 Å². The molecule has 2 N–H and O–H groups in total. The summed E-state index contributed by atoms with van der Waals surface area (Å²) in [5, 5.41) is 12.1. The van der Waals surface area contributed by atoms with Crippen LogP contribution < -0.4 is 10.1 Å². The zero-order chi connectivity index (χ0) is 15.1. The molecule has 1 unspecified atom stereocenters. The number of aliphatic carboxylic acids is 1. The number of carbonyl (C=O) groups is 1. The topological polar surface area (TPSA) is 58.6 Å².